The first kappa shape index (κ1) is 17.5. The third-order valence-electron chi connectivity index (χ3n) is 5.32. The average Bonchev–Trinajstić information content (AvgIpc) is 2.77. The molecule has 2 aliphatic rings. The summed E-state index contributed by atoms with van der Waals surface area (Å²) in [5, 5.41) is 0. The molecule has 0 N–H and O–H groups in total. The second kappa shape index (κ2) is 5.61. The van der Waals surface area contributed by atoms with Crippen LogP contribution < -0.4 is 9.64 Å². The van der Waals surface area contributed by atoms with E-state index in [0.717, 1.165) is 5.57 Å². The summed E-state index contributed by atoms with van der Waals surface area (Å²) in [4.78, 5) is 26.3. The zero-order valence-corrected chi connectivity index (χ0v) is 14.1. The maximum Gasteiger partial charge on any atom is 0.404 e. The molecular weight excluding hydrogens is 335 g/mol. The van der Waals surface area contributed by atoms with Gasteiger partial charge < -0.3 is 4.74 Å². The monoisotopic (exact) mass is 353 g/mol. The molecule has 1 fully saturated rings. The maximum atomic E-state index is 14.0. The molecule has 1 aromatic rings. The van der Waals surface area contributed by atoms with Crippen LogP contribution in [0.25, 0.3) is 0 Å². The number of nitrogens with zero attached hydrogens (tertiary/aromatic N) is 1. The number of amides is 2. The lowest BCUT2D eigenvalue weighted by molar-refractivity contribution is -0.230. The minimum atomic E-state index is -4.80. The first-order chi connectivity index (χ1) is 11.6. The first-order valence-corrected chi connectivity index (χ1v) is 7.88. The van der Waals surface area contributed by atoms with Gasteiger partial charge in [0.25, 0.3) is 0 Å². The average molecular weight is 353 g/mol. The lowest BCUT2D eigenvalue weighted by atomic mass is 9.65. The van der Waals surface area contributed by atoms with Crippen LogP contribution >= 0.6 is 0 Å². The second-order valence-electron chi connectivity index (χ2n) is 6.64. The van der Waals surface area contributed by atoms with E-state index < -0.39 is 35.7 Å². The Morgan fingerprint density at radius 2 is 1.72 bits per heavy atom. The van der Waals surface area contributed by atoms with Crippen LogP contribution in [-0.4, -0.2) is 25.1 Å². The molecule has 0 spiro atoms. The van der Waals surface area contributed by atoms with Gasteiger partial charge in [-0.1, -0.05) is 11.1 Å². The van der Waals surface area contributed by atoms with Gasteiger partial charge in [-0.2, -0.15) is 13.2 Å². The summed E-state index contributed by atoms with van der Waals surface area (Å²) >= 11 is 0. The number of halogens is 3. The van der Waals surface area contributed by atoms with E-state index in [2.05, 4.69) is 0 Å². The highest BCUT2D eigenvalue weighted by Crippen LogP contribution is 2.58. The fraction of sp³-hybridized carbons (Fsp3) is 0.444. The van der Waals surface area contributed by atoms with Crippen molar-refractivity contribution in [1.82, 2.24) is 0 Å². The van der Waals surface area contributed by atoms with Gasteiger partial charge >= 0.3 is 6.18 Å². The van der Waals surface area contributed by atoms with Crippen LogP contribution in [0.2, 0.25) is 0 Å². The molecule has 0 unspecified atom stereocenters. The van der Waals surface area contributed by atoms with E-state index in [9.17, 15) is 22.8 Å². The number of benzene rings is 1. The quantitative estimate of drug-likeness (QED) is 0.599. The number of hydrogen-bond donors (Lipinski definition) is 0. The molecule has 1 aliphatic carbocycles. The molecule has 0 bridgehead atoms. The zero-order valence-electron chi connectivity index (χ0n) is 14.1. The Kier molecular flexibility index (Phi) is 3.93. The Hall–Kier alpha value is -2.31. The fourth-order valence-electron chi connectivity index (χ4n) is 3.72. The van der Waals surface area contributed by atoms with Crippen molar-refractivity contribution in [2.75, 3.05) is 12.0 Å². The van der Waals surface area contributed by atoms with Crippen LogP contribution in [0.3, 0.4) is 0 Å². The minimum Gasteiger partial charge on any atom is -0.497 e. The van der Waals surface area contributed by atoms with Gasteiger partial charge in [0.05, 0.1) is 18.7 Å². The second-order valence-corrected chi connectivity index (χ2v) is 6.64. The number of rotatable bonds is 2. The highest BCUT2D eigenvalue weighted by Gasteiger charge is 2.73. The highest BCUT2D eigenvalue weighted by atomic mass is 19.4. The molecule has 25 heavy (non-hydrogen) atoms. The molecule has 1 heterocycles. The summed E-state index contributed by atoms with van der Waals surface area (Å²) in [5.74, 6) is -2.91. The van der Waals surface area contributed by atoms with E-state index in [1.165, 1.54) is 31.4 Å². The van der Waals surface area contributed by atoms with Crippen molar-refractivity contribution < 1.29 is 27.5 Å². The minimum absolute atomic E-state index is 0.0530. The summed E-state index contributed by atoms with van der Waals surface area (Å²) in [6.45, 7) is 3.30. The topological polar surface area (TPSA) is 46.6 Å². The van der Waals surface area contributed by atoms with Crippen LogP contribution in [0.5, 0.6) is 5.75 Å². The van der Waals surface area contributed by atoms with Crippen molar-refractivity contribution in [2.24, 2.45) is 11.3 Å². The third kappa shape index (κ3) is 2.36. The summed E-state index contributed by atoms with van der Waals surface area (Å²) in [7, 11) is 1.45. The molecule has 0 radical (unpaired) electrons. The number of methoxy groups -OCH3 is 1. The van der Waals surface area contributed by atoms with Gasteiger partial charge in [-0.25, -0.2) is 4.90 Å². The third-order valence-corrected chi connectivity index (χ3v) is 5.32. The normalized spacial score (nSPS) is 27.0. The number of allylic oxidation sites excluding steroid dienone is 2. The molecule has 1 aliphatic heterocycles. The largest absolute Gasteiger partial charge is 0.497 e. The number of hydrogen-bond acceptors (Lipinski definition) is 3. The Labute approximate surface area is 143 Å². The number of imide groups is 1. The lowest BCUT2D eigenvalue weighted by Gasteiger charge is -2.37. The van der Waals surface area contributed by atoms with Gasteiger partial charge in [0.15, 0.2) is 5.41 Å². The van der Waals surface area contributed by atoms with Crippen molar-refractivity contribution in [3.8, 4) is 5.75 Å². The van der Waals surface area contributed by atoms with Gasteiger partial charge in [-0.05, 0) is 51.0 Å². The molecule has 1 aromatic carbocycles. The number of anilines is 1. The number of fused-ring (bicyclic) bond motifs is 1. The summed E-state index contributed by atoms with van der Waals surface area (Å²) in [5.41, 5.74) is -1.29. The van der Waals surface area contributed by atoms with Gasteiger partial charge in [0, 0.05) is 0 Å². The molecule has 0 aromatic heterocycles. The van der Waals surface area contributed by atoms with E-state index in [4.69, 9.17) is 4.74 Å². The van der Waals surface area contributed by atoms with Crippen LogP contribution in [0.4, 0.5) is 18.9 Å². The van der Waals surface area contributed by atoms with Crippen LogP contribution in [0.1, 0.15) is 26.7 Å². The Morgan fingerprint density at radius 3 is 2.24 bits per heavy atom. The molecule has 2 atom stereocenters. The Morgan fingerprint density at radius 1 is 1.12 bits per heavy atom. The van der Waals surface area contributed by atoms with E-state index in [1.54, 1.807) is 13.8 Å². The van der Waals surface area contributed by atoms with Crippen LogP contribution in [0.15, 0.2) is 35.4 Å². The number of alkyl halides is 3. The number of ether oxygens (including phenoxy) is 1. The highest BCUT2D eigenvalue weighted by molar-refractivity contribution is 6.24. The first-order valence-electron chi connectivity index (χ1n) is 7.88. The lowest BCUT2D eigenvalue weighted by Crippen LogP contribution is -2.50. The van der Waals surface area contributed by atoms with E-state index in [-0.39, 0.29) is 12.1 Å². The van der Waals surface area contributed by atoms with Crippen molar-refractivity contribution in [3.05, 3.63) is 35.4 Å². The van der Waals surface area contributed by atoms with E-state index in [0.29, 0.717) is 16.2 Å². The fourth-order valence-corrected chi connectivity index (χ4v) is 3.72. The summed E-state index contributed by atoms with van der Waals surface area (Å²) in [6.07, 6.45) is -5.32. The van der Waals surface area contributed by atoms with Gasteiger partial charge in [-0.15, -0.1) is 0 Å². The SMILES string of the molecule is COc1ccc(N2C(=O)[C@H]3CC(C)=C(C)C[C@@]3(C(F)(F)F)C2=O)cc1. The standard InChI is InChI=1S/C18H18F3NO3/c1-10-8-14-15(23)22(12-4-6-13(25-3)7-5-12)16(24)17(14,9-11(10)2)18(19,20)21/h4-7,14H,8-9H2,1-3H3/t14-,17+/m1/s1. The molecular formula is C18H18F3NO3. The molecule has 134 valence electrons. The molecule has 0 saturated carbocycles. The van der Waals surface area contributed by atoms with Crippen LogP contribution in [-0.2, 0) is 9.59 Å². The summed E-state index contributed by atoms with van der Waals surface area (Å²) < 4.78 is 46.9. The molecule has 4 nitrogen and oxygen atoms in total. The van der Waals surface area contributed by atoms with Gasteiger partial charge in [-0.3, -0.25) is 9.59 Å². The number of carbonyl (C=O) groups is 2. The molecule has 2 amide bonds. The molecule has 7 heteroatoms. The predicted molar refractivity (Wildman–Crippen MR) is 85.1 cm³/mol. The van der Waals surface area contributed by atoms with Gasteiger partial charge in [0.1, 0.15) is 5.75 Å². The molecule has 1 saturated heterocycles. The predicted octanol–water partition coefficient (Wildman–Crippen LogP) is 3.86. The van der Waals surface area contributed by atoms with Crippen molar-refractivity contribution in [3.63, 3.8) is 0 Å². The van der Waals surface area contributed by atoms with Crippen LogP contribution in [0, 0.1) is 11.3 Å². The van der Waals surface area contributed by atoms with Crippen molar-refractivity contribution >= 4 is 17.5 Å². The van der Waals surface area contributed by atoms with E-state index >= 15 is 0 Å². The smallest absolute Gasteiger partial charge is 0.404 e. The number of carbonyl (C=O) groups excluding carboxylic acids is 2. The maximum absolute atomic E-state index is 14.0. The zero-order chi connectivity index (χ0) is 18.6. The Bertz CT molecular complexity index is 767. The Balaban J connectivity index is 2.11. The van der Waals surface area contributed by atoms with E-state index in [1.807, 2.05) is 0 Å². The van der Waals surface area contributed by atoms with Crippen molar-refractivity contribution in [2.45, 2.75) is 32.9 Å². The van der Waals surface area contributed by atoms with Crippen molar-refractivity contribution in [1.29, 1.82) is 0 Å². The van der Waals surface area contributed by atoms with Gasteiger partial charge in [0.2, 0.25) is 11.8 Å². The molecule has 3 rings (SSSR count). The summed E-state index contributed by atoms with van der Waals surface area (Å²) in [6, 6.07) is 5.85.